The van der Waals surface area contributed by atoms with Crippen LogP contribution in [-0.2, 0) is 4.79 Å². The van der Waals surface area contributed by atoms with Gasteiger partial charge in [0.05, 0.1) is 10.0 Å². The molecule has 0 saturated heterocycles. The molecule has 2 rings (SSSR count). The van der Waals surface area contributed by atoms with E-state index in [4.69, 9.17) is 28.3 Å². The van der Waals surface area contributed by atoms with Gasteiger partial charge >= 0.3 is 0 Å². The highest BCUT2D eigenvalue weighted by atomic mass is 35.5. The molecule has 0 aliphatic heterocycles. The van der Waals surface area contributed by atoms with Crippen LogP contribution in [0.1, 0.15) is 31.2 Å². The molecule has 110 valence electrons. The van der Waals surface area contributed by atoms with Crippen molar-refractivity contribution in [2.45, 2.75) is 25.7 Å². The highest BCUT2D eigenvalue weighted by Gasteiger charge is 2.43. The highest BCUT2D eigenvalue weighted by Crippen LogP contribution is 2.48. The molecule has 3 atom stereocenters. The summed E-state index contributed by atoms with van der Waals surface area (Å²) in [6.07, 6.45) is 1.57. The van der Waals surface area contributed by atoms with E-state index in [1.54, 1.807) is 6.07 Å². The van der Waals surface area contributed by atoms with Crippen molar-refractivity contribution in [1.29, 1.82) is 0 Å². The van der Waals surface area contributed by atoms with Crippen molar-refractivity contribution in [3.63, 3.8) is 0 Å². The smallest absolute Gasteiger partial charge is 0.223 e. The van der Waals surface area contributed by atoms with E-state index >= 15 is 0 Å². The SMILES string of the molecule is CC(CCO)CNC(=O)C1CC1c1ccc(Cl)c(Cl)c1. The van der Waals surface area contributed by atoms with Crippen LogP contribution >= 0.6 is 23.2 Å². The Morgan fingerprint density at radius 3 is 2.85 bits per heavy atom. The van der Waals surface area contributed by atoms with Gasteiger partial charge < -0.3 is 10.4 Å². The minimum atomic E-state index is 0.0357. The molecule has 3 unspecified atom stereocenters. The Hall–Kier alpha value is -0.770. The minimum absolute atomic E-state index is 0.0357. The summed E-state index contributed by atoms with van der Waals surface area (Å²) >= 11 is 11.9. The fraction of sp³-hybridized carbons (Fsp3) is 0.533. The molecule has 0 bridgehead atoms. The molecular formula is C15H19Cl2NO2. The summed E-state index contributed by atoms with van der Waals surface area (Å²) < 4.78 is 0. The third-order valence-corrected chi connectivity index (χ3v) is 4.48. The van der Waals surface area contributed by atoms with Crippen LogP contribution in [0.3, 0.4) is 0 Å². The second-order valence-corrected chi connectivity index (χ2v) is 6.30. The van der Waals surface area contributed by atoms with Gasteiger partial charge in [0.1, 0.15) is 0 Å². The fourth-order valence-electron chi connectivity index (χ4n) is 2.32. The van der Waals surface area contributed by atoms with Gasteiger partial charge in [0.25, 0.3) is 0 Å². The van der Waals surface area contributed by atoms with Crippen molar-refractivity contribution in [2.75, 3.05) is 13.2 Å². The van der Waals surface area contributed by atoms with Crippen LogP contribution < -0.4 is 5.32 Å². The highest BCUT2D eigenvalue weighted by molar-refractivity contribution is 6.42. The predicted octanol–water partition coefficient (Wildman–Crippen LogP) is 3.23. The van der Waals surface area contributed by atoms with E-state index in [0.29, 0.717) is 28.9 Å². The van der Waals surface area contributed by atoms with E-state index in [1.807, 2.05) is 19.1 Å². The zero-order chi connectivity index (χ0) is 14.7. The number of benzene rings is 1. The molecular weight excluding hydrogens is 297 g/mol. The first kappa shape index (κ1) is 15.6. The van der Waals surface area contributed by atoms with E-state index in [-0.39, 0.29) is 24.3 Å². The number of halogens is 2. The average molecular weight is 316 g/mol. The summed E-state index contributed by atoms with van der Waals surface area (Å²) in [7, 11) is 0. The molecule has 5 heteroatoms. The topological polar surface area (TPSA) is 49.3 Å². The van der Waals surface area contributed by atoms with Crippen molar-refractivity contribution < 1.29 is 9.90 Å². The quantitative estimate of drug-likeness (QED) is 0.846. The number of aliphatic hydroxyl groups is 1. The first-order valence-corrected chi connectivity index (χ1v) is 7.62. The number of amides is 1. The maximum absolute atomic E-state index is 12.0. The number of nitrogens with one attached hydrogen (secondary N) is 1. The van der Waals surface area contributed by atoms with Gasteiger partial charge in [0, 0.05) is 19.1 Å². The van der Waals surface area contributed by atoms with Crippen LogP contribution in [0.2, 0.25) is 10.0 Å². The Bertz CT molecular complexity index is 493. The standard InChI is InChI=1S/C15H19Cl2NO2/c1-9(4-5-19)8-18-15(20)12-7-11(12)10-2-3-13(16)14(17)6-10/h2-3,6,9,11-12,19H,4-5,7-8H2,1H3,(H,18,20). The van der Waals surface area contributed by atoms with Crippen molar-refractivity contribution in [1.82, 2.24) is 5.32 Å². The molecule has 1 aromatic carbocycles. The molecule has 1 saturated carbocycles. The molecule has 20 heavy (non-hydrogen) atoms. The number of carbonyl (C=O) groups is 1. The summed E-state index contributed by atoms with van der Waals surface area (Å²) in [5, 5.41) is 12.8. The van der Waals surface area contributed by atoms with Crippen LogP contribution in [0.25, 0.3) is 0 Å². The Kier molecular flexibility index (Phi) is 5.30. The maximum Gasteiger partial charge on any atom is 0.223 e. The molecule has 1 aliphatic carbocycles. The summed E-state index contributed by atoms with van der Waals surface area (Å²) in [5.41, 5.74) is 1.07. The zero-order valence-electron chi connectivity index (χ0n) is 11.4. The molecule has 0 heterocycles. The third kappa shape index (κ3) is 3.87. The predicted molar refractivity (Wildman–Crippen MR) is 81.2 cm³/mol. The second kappa shape index (κ2) is 6.79. The largest absolute Gasteiger partial charge is 0.396 e. The molecule has 0 radical (unpaired) electrons. The van der Waals surface area contributed by atoms with Gasteiger partial charge in [-0.2, -0.15) is 0 Å². The van der Waals surface area contributed by atoms with Gasteiger partial charge in [-0.3, -0.25) is 4.79 Å². The monoisotopic (exact) mass is 315 g/mol. The van der Waals surface area contributed by atoms with Crippen LogP contribution in [0, 0.1) is 11.8 Å². The van der Waals surface area contributed by atoms with E-state index in [9.17, 15) is 4.79 Å². The lowest BCUT2D eigenvalue weighted by atomic mass is 10.1. The second-order valence-electron chi connectivity index (χ2n) is 5.48. The van der Waals surface area contributed by atoms with Crippen molar-refractivity contribution in [3.05, 3.63) is 33.8 Å². The molecule has 0 aromatic heterocycles. The molecule has 1 fully saturated rings. The Labute approximate surface area is 129 Å². The number of hydrogen-bond donors (Lipinski definition) is 2. The normalized spacial score (nSPS) is 22.4. The summed E-state index contributed by atoms with van der Waals surface area (Å²) in [6, 6.07) is 5.55. The Morgan fingerprint density at radius 2 is 2.20 bits per heavy atom. The van der Waals surface area contributed by atoms with Gasteiger partial charge in [-0.25, -0.2) is 0 Å². The maximum atomic E-state index is 12.0. The molecule has 1 aromatic rings. The van der Waals surface area contributed by atoms with Crippen LogP contribution in [0.15, 0.2) is 18.2 Å². The van der Waals surface area contributed by atoms with Gasteiger partial charge in [0.2, 0.25) is 5.91 Å². The minimum Gasteiger partial charge on any atom is -0.396 e. The summed E-state index contributed by atoms with van der Waals surface area (Å²) in [6.45, 7) is 2.79. The van der Waals surface area contributed by atoms with E-state index in [1.165, 1.54) is 0 Å². The van der Waals surface area contributed by atoms with Crippen LogP contribution in [0.4, 0.5) is 0 Å². The third-order valence-electron chi connectivity index (χ3n) is 3.75. The number of aliphatic hydroxyl groups excluding tert-OH is 1. The Balaban J connectivity index is 1.84. The molecule has 0 spiro atoms. The Morgan fingerprint density at radius 1 is 1.45 bits per heavy atom. The molecule has 2 N–H and O–H groups in total. The van der Waals surface area contributed by atoms with Crippen molar-refractivity contribution in [2.24, 2.45) is 11.8 Å². The fourth-order valence-corrected chi connectivity index (χ4v) is 2.63. The first-order chi connectivity index (χ1) is 9.52. The summed E-state index contributed by atoms with van der Waals surface area (Å²) in [5.74, 6) is 0.670. The van der Waals surface area contributed by atoms with Gasteiger partial charge in [-0.05, 0) is 42.4 Å². The van der Waals surface area contributed by atoms with E-state index in [0.717, 1.165) is 12.0 Å². The molecule has 3 nitrogen and oxygen atoms in total. The average Bonchev–Trinajstić information content (AvgIpc) is 3.20. The van der Waals surface area contributed by atoms with E-state index < -0.39 is 0 Å². The number of rotatable bonds is 6. The zero-order valence-corrected chi connectivity index (χ0v) is 12.9. The van der Waals surface area contributed by atoms with Crippen LogP contribution in [-0.4, -0.2) is 24.2 Å². The van der Waals surface area contributed by atoms with Crippen molar-refractivity contribution >= 4 is 29.1 Å². The lowest BCUT2D eigenvalue weighted by Crippen LogP contribution is -2.30. The van der Waals surface area contributed by atoms with Gasteiger partial charge in [-0.1, -0.05) is 36.2 Å². The summed E-state index contributed by atoms with van der Waals surface area (Å²) in [4.78, 5) is 12.0. The first-order valence-electron chi connectivity index (χ1n) is 6.86. The van der Waals surface area contributed by atoms with Crippen LogP contribution in [0.5, 0.6) is 0 Å². The molecule has 1 amide bonds. The number of carbonyl (C=O) groups excluding carboxylic acids is 1. The lowest BCUT2D eigenvalue weighted by Gasteiger charge is -2.11. The molecule has 1 aliphatic rings. The number of hydrogen-bond acceptors (Lipinski definition) is 2. The van der Waals surface area contributed by atoms with Crippen molar-refractivity contribution in [3.8, 4) is 0 Å². The van der Waals surface area contributed by atoms with Gasteiger partial charge in [-0.15, -0.1) is 0 Å². The lowest BCUT2D eigenvalue weighted by molar-refractivity contribution is -0.122. The van der Waals surface area contributed by atoms with E-state index in [2.05, 4.69) is 5.32 Å². The van der Waals surface area contributed by atoms with Gasteiger partial charge in [0.15, 0.2) is 0 Å².